The number of rotatable bonds is 4. The Bertz CT molecular complexity index is 305. The molecule has 2 heterocycles. The Morgan fingerprint density at radius 3 is 3.27 bits per heavy atom. The Kier molecular flexibility index (Phi) is 3.36. The lowest BCUT2D eigenvalue weighted by Gasteiger charge is -2.17. The van der Waals surface area contributed by atoms with Crippen LogP contribution in [0, 0.1) is 0 Å². The summed E-state index contributed by atoms with van der Waals surface area (Å²) >= 11 is 0. The monoisotopic (exact) mass is 211 g/mol. The first kappa shape index (κ1) is 10.6. The first-order valence-electron chi connectivity index (χ1n) is 5.72. The molecular formula is C11H18FN3. The third kappa shape index (κ3) is 2.20. The summed E-state index contributed by atoms with van der Waals surface area (Å²) in [6.45, 7) is 3.81. The van der Waals surface area contributed by atoms with E-state index < -0.39 is 6.17 Å². The van der Waals surface area contributed by atoms with Gasteiger partial charge in [-0.05, 0) is 31.9 Å². The molecule has 1 aliphatic rings. The maximum absolute atomic E-state index is 14.1. The summed E-state index contributed by atoms with van der Waals surface area (Å²) in [7, 11) is 0. The van der Waals surface area contributed by atoms with E-state index in [1.807, 2.05) is 0 Å². The van der Waals surface area contributed by atoms with Crippen LogP contribution in [0.5, 0.6) is 0 Å². The van der Waals surface area contributed by atoms with Crippen molar-refractivity contribution >= 4 is 0 Å². The minimum absolute atomic E-state index is 0.0164. The van der Waals surface area contributed by atoms with Gasteiger partial charge in [-0.3, -0.25) is 4.68 Å². The van der Waals surface area contributed by atoms with Gasteiger partial charge in [0.2, 0.25) is 0 Å². The predicted octanol–water partition coefficient (Wildman–Crippen LogP) is 2.06. The maximum atomic E-state index is 14.1. The molecule has 1 aromatic rings. The van der Waals surface area contributed by atoms with E-state index in [2.05, 4.69) is 17.3 Å². The number of hydrogen-bond donors (Lipinski definition) is 1. The third-order valence-corrected chi connectivity index (χ3v) is 2.92. The number of aryl methyl sites for hydroxylation is 1. The summed E-state index contributed by atoms with van der Waals surface area (Å²) in [6.07, 6.45) is 3.76. The van der Waals surface area contributed by atoms with Crippen LogP contribution in [0.4, 0.5) is 4.39 Å². The maximum Gasteiger partial charge on any atom is 0.157 e. The van der Waals surface area contributed by atoms with Gasteiger partial charge in [-0.1, -0.05) is 6.92 Å². The van der Waals surface area contributed by atoms with Crippen molar-refractivity contribution in [1.82, 2.24) is 15.1 Å². The highest BCUT2D eigenvalue weighted by atomic mass is 19.1. The molecule has 0 spiro atoms. The molecule has 2 unspecified atom stereocenters. The first-order chi connectivity index (χ1) is 7.33. The van der Waals surface area contributed by atoms with E-state index in [1.165, 1.54) is 0 Å². The average Bonchev–Trinajstić information content (AvgIpc) is 2.87. The number of nitrogens with zero attached hydrogens (tertiary/aromatic N) is 2. The smallest absolute Gasteiger partial charge is 0.157 e. The van der Waals surface area contributed by atoms with Gasteiger partial charge in [-0.2, -0.15) is 5.10 Å². The highest BCUT2D eigenvalue weighted by Gasteiger charge is 2.27. The van der Waals surface area contributed by atoms with Crippen LogP contribution in [0.1, 0.15) is 38.1 Å². The fraction of sp³-hybridized carbons (Fsp3) is 0.727. The summed E-state index contributed by atoms with van der Waals surface area (Å²) in [6, 6.07) is 1.78. The molecule has 3 nitrogen and oxygen atoms in total. The molecule has 0 amide bonds. The summed E-state index contributed by atoms with van der Waals surface area (Å²) in [5.41, 5.74) is 0.719. The summed E-state index contributed by atoms with van der Waals surface area (Å²) in [5.74, 6) is 0. The Hall–Kier alpha value is -0.900. The molecule has 1 saturated heterocycles. The van der Waals surface area contributed by atoms with E-state index >= 15 is 0 Å². The van der Waals surface area contributed by atoms with Crippen LogP contribution in [0.15, 0.2) is 12.3 Å². The Balaban J connectivity index is 2.09. The largest absolute Gasteiger partial charge is 0.311 e. The highest BCUT2D eigenvalue weighted by Crippen LogP contribution is 2.26. The average molecular weight is 211 g/mol. The second-order valence-electron chi connectivity index (χ2n) is 4.08. The summed E-state index contributed by atoms with van der Waals surface area (Å²) < 4.78 is 15.9. The van der Waals surface area contributed by atoms with Crippen LogP contribution < -0.4 is 5.32 Å². The van der Waals surface area contributed by atoms with Crippen molar-refractivity contribution in [2.24, 2.45) is 0 Å². The van der Waals surface area contributed by atoms with Gasteiger partial charge < -0.3 is 5.32 Å². The molecule has 0 aliphatic carbocycles. The second kappa shape index (κ2) is 4.75. The molecule has 2 atom stereocenters. The quantitative estimate of drug-likeness (QED) is 0.826. The third-order valence-electron chi connectivity index (χ3n) is 2.92. The Morgan fingerprint density at radius 2 is 2.60 bits per heavy atom. The molecule has 1 aliphatic heterocycles. The van der Waals surface area contributed by atoms with Gasteiger partial charge in [-0.15, -0.1) is 0 Å². The van der Waals surface area contributed by atoms with Crippen molar-refractivity contribution in [3.8, 4) is 0 Å². The van der Waals surface area contributed by atoms with Crippen molar-refractivity contribution in [2.75, 3.05) is 6.54 Å². The van der Waals surface area contributed by atoms with Gasteiger partial charge in [0.15, 0.2) is 6.17 Å². The number of hydrogen-bond acceptors (Lipinski definition) is 2. The SMILES string of the molecule is CCCn1nccc1C(F)C1CCCN1. The minimum atomic E-state index is -0.915. The molecule has 0 radical (unpaired) electrons. The normalized spacial score (nSPS) is 23.2. The molecule has 1 aromatic heterocycles. The van der Waals surface area contributed by atoms with E-state index in [1.54, 1.807) is 16.9 Å². The van der Waals surface area contributed by atoms with Crippen LogP contribution >= 0.6 is 0 Å². The molecule has 84 valence electrons. The number of aromatic nitrogens is 2. The van der Waals surface area contributed by atoms with E-state index in [0.29, 0.717) is 0 Å². The molecule has 0 aromatic carbocycles. The van der Waals surface area contributed by atoms with Crippen LogP contribution in [0.25, 0.3) is 0 Å². The zero-order chi connectivity index (χ0) is 10.7. The van der Waals surface area contributed by atoms with E-state index in [0.717, 1.165) is 38.0 Å². The molecule has 1 fully saturated rings. The van der Waals surface area contributed by atoms with Crippen molar-refractivity contribution in [3.63, 3.8) is 0 Å². The second-order valence-corrected chi connectivity index (χ2v) is 4.08. The fourth-order valence-electron chi connectivity index (χ4n) is 2.14. The van der Waals surface area contributed by atoms with Crippen LogP contribution in [0.2, 0.25) is 0 Å². The van der Waals surface area contributed by atoms with Crippen molar-refractivity contribution in [3.05, 3.63) is 18.0 Å². The topological polar surface area (TPSA) is 29.9 Å². The van der Waals surface area contributed by atoms with Crippen LogP contribution in [0.3, 0.4) is 0 Å². The molecular weight excluding hydrogens is 193 g/mol. The molecule has 0 bridgehead atoms. The minimum Gasteiger partial charge on any atom is -0.311 e. The van der Waals surface area contributed by atoms with Gasteiger partial charge in [0.25, 0.3) is 0 Å². The molecule has 4 heteroatoms. The van der Waals surface area contributed by atoms with E-state index in [4.69, 9.17) is 0 Å². The van der Waals surface area contributed by atoms with Gasteiger partial charge in [0.05, 0.1) is 5.69 Å². The van der Waals surface area contributed by atoms with Gasteiger partial charge in [0.1, 0.15) is 0 Å². The lowest BCUT2D eigenvalue weighted by molar-refractivity contribution is 0.254. The van der Waals surface area contributed by atoms with E-state index in [-0.39, 0.29) is 6.04 Å². The zero-order valence-corrected chi connectivity index (χ0v) is 9.12. The van der Waals surface area contributed by atoms with Crippen LogP contribution in [-0.2, 0) is 6.54 Å². The Morgan fingerprint density at radius 1 is 1.73 bits per heavy atom. The fourth-order valence-corrected chi connectivity index (χ4v) is 2.14. The number of alkyl halides is 1. The standard InChI is InChI=1S/C11H18FN3/c1-2-8-15-10(5-7-14-15)11(12)9-4-3-6-13-9/h5,7,9,11,13H,2-4,6,8H2,1H3. The first-order valence-corrected chi connectivity index (χ1v) is 5.72. The van der Waals surface area contributed by atoms with Crippen molar-refractivity contribution < 1.29 is 4.39 Å². The lowest BCUT2D eigenvalue weighted by Crippen LogP contribution is -2.28. The molecule has 1 N–H and O–H groups in total. The van der Waals surface area contributed by atoms with Gasteiger partial charge >= 0.3 is 0 Å². The highest BCUT2D eigenvalue weighted by molar-refractivity contribution is 5.08. The van der Waals surface area contributed by atoms with Gasteiger partial charge in [0, 0.05) is 18.8 Å². The summed E-state index contributed by atoms with van der Waals surface area (Å²) in [4.78, 5) is 0. The van der Waals surface area contributed by atoms with Crippen molar-refractivity contribution in [1.29, 1.82) is 0 Å². The molecule has 2 rings (SSSR count). The summed E-state index contributed by atoms with van der Waals surface area (Å²) in [5, 5.41) is 7.35. The number of nitrogens with one attached hydrogen (secondary N) is 1. The lowest BCUT2D eigenvalue weighted by atomic mass is 10.1. The van der Waals surface area contributed by atoms with Crippen LogP contribution in [-0.4, -0.2) is 22.4 Å². The molecule has 15 heavy (non-hydrogen) atoms. The Labute approximate surface area is 89.7 Å². The predicted molar refractivity (Wildman–Crippen MR) is 57.4 cm³/mol. The number of halogens is 1. The van der Waals surface area contributed by atoms with E-state index in [9.17, 15) is 4.39 Å². The van der Waals surface area contributed by atoms with Crippen molar-refractivity contribution in [2.45, 2.75) is 44.9 Å². The zero-order valence-electron chi connectivity index (χ0n) is 9.12. The van der Waals surface area contributed by atoms with Gasteiger partial charge in [-0.25, -0.2) is 4.39 Å². The molecule has 0 saturated carbocycles.